The normalized spacial score (nSPS) is 18.6. The molecule has 0 spiro atoms. The van der Waals surface area contributed by atoms with Gasteiger partial charge in [0.1, 0.15) is 0 Å². The van der Waals surface area contributed by atoms with E-state index in [0.717, 1.165) is 32.5 Å². The van der Waals surface area contributed by atoms with Gasteiger partial charge in [0.15, 0.2) is 0 Å². The van der Waals surface area contributed by atoms with E-state index in [4.69, 9.17) is 9.84 Å². The third-order valence-electron chi connectivity index (χ3n) is 3.05. The Morgan fingerprint density at radius 1 is 1.57 bits per heavy atom. The molecule has 0 aliphatic carbocycles. The molecule has 1 rings (SSSR count). The Hall–Kier alpha value is -0.830. The standard InChI is InChI=1S/C11H18O3/c1-3-11(7-14-8-11)6-4-5-9(2)10(12)13/h2-8H2,1H3,(H,12,13). The highest BCUT2D eigenvalue weighted by Crippen LogP contribution is 2.36. The van der Waals surface area contributed by atoms with E-state index in [9.17, 15) is 4.79 Å². The van der Waals surface area contributed by atoms with Gasteiger partial charge in [0.25, 0.3) is 0 Å². The summed E-state index contributed by atoms with van der Waals surface area (Å²) in [7, 11) is 0. The number of aliphatic carboxylic acids is 1. The van der Waals surface area contributed by atoms with Crippen molar-refractivity contribution in [3.8, 4) is 0 Å². The summed E-state index contributed by atoms with van der Waals surface area (Å²) >= 11 is 0. The molecular weight excluding hydrogens is 180 g/mol. The van der Waals surface area contributed by atoms with Crippen LogP contribution in [0.25, 0.3) is 0 Å². The molecular formula is C11H18O3. The van der Waals surface area contributed by atoms with E-state index in [1.807, 2.05) is 0 Å². The number of carbonyl (C=O) groups is 1. The molecule has 0 amide bonds. The van der Waals surface area contributed by atoms with E-state index in [-0.39, 0.29) is 0 Å². The van der Waals surface area contributed by atoms with Crippen molar-refractivity contribution in [1.29, 1.82) is 0 Å². The molecule has 80 valence electrons. The molecule has 1 saturated heterocycles. The fourth-order valence-electron chi connectivity index (χ4n) is 1.70. The minimum absolute atomic E-state index is 0.316. The van der Waals surface area contributed by atoms with Crippen molar-refractivity contribution in [2.75, 3.05) is 13.2 Å². The van der Waals surface area contributed by atoms with Crippen molar-refractivity contribution in [2.24, 2.45) is 5.41 Å². The van der Waals surface area contributed by atoms with Gasteiger partial charge < -0.3 is 9.84 Å². The number of carboxylic acids is 1. The molecule has 14 heavy (non-hydrogen) atoms. The van der Waals surface area contributed by atoms with Crippen LogP contribution in [0.2, 0.25) is 0 Å². The van der Waals surface area contributed by atoms with Gasteiger partial charge in [-0.25, -0.2) is 4.79 Å². The van der Waals surface area contributed by atoms with Crippen LogP contribution in [0.4, 0.5) is 0 Å². The van der Waals surface area contributed by atoms with Crippen LogP contribution in [0.3, 0.4) is 0 Å². The number of carboxylic acid groups (broad SMARTS) is 1. The monoisotopic (exact) mass is 198 g/mol. The molecule has 0 aromatic heterocycles. The lowest BCUT2D eigenvalue weighted by atomic mass is 9.78. The van der Waals surface area contributed by atoms with Crippen LogP contribution in [0.5, 0.6) is 0 Å². The fraction of sp³-hybridized carbons (Fsp3) is 0.727. The SMILES string of the molecule is C=C(CCCC1(CC)COC1)C(=O)O. The first kappa shape index (κ1) is 11.2. The van der Waals surface area contributed by atoms with Crippen LogP contribution in [-0.4, -0.2) is 24.3 Å². The average Bonchev–Trinajstić information content (AvgIpc) is 2.09. The van der Waals surface area contributed by atoms with Gasteiger partial charge in [-0.2, -0.15) is 0 Å². The lowest BCUT2D eigenvalue weighted by Gasteiger charge is -2.41. The fourth-order valence-corrected chi connectivity index (χ4v) is 1.70. The van der Waals surface area contributed by atoms with Gasteiger partial charge in [0.05, 0.1) is 13.2 Å². The number of rotatable bonds is 6. The molecule has 1 aliphatic heterocycles. The summed E-state index contributed by atoms with van der Waals surface area (Å²) in [6, 6.07) is 0. The van der Waals surface area contributed by atoms with Crippen molar-refractivity contribution in [1.82, 2.24) is 0 Å². The first-order valence-electron chi connectivity index (χ1n) is 5.08. The zero-order valence-electron chi connectivity index (χ0n) is 8.71. The highest BCUT2D eigenvalue weighted by atomic mass is 16.5. The average molecular weight is 198 g/mol. The summed E-state index contributed by atoms with van der Waals surface area (Å²) in [5.41, 5.74) is 0.648. The summed E-state index contributed by atoms with van der Waals surface area (Å²) in [5, 5.41) is 8.62. The molecule has 0 bridgehead atoms. The molecule has 1 fully saturated rings. The van der Waals surface area contributed by atoms with Gasteiger partial charge in [-0.05, 0) is 25.7 Å². The Labute approximate surface area is 84.8 Å². The maximum atomic E-state index is 10.5. The Bertz CT molecular complexity index is 223. The molecule has 0 saturated carbocycles. The molecule has 3 nitrogen and oxygen atoms in total. The Morgan fingerprint density at radius 3 is 2.57 bits per heavy atom. The quantitative estimate of drug-likeness (QED) is 0.666. The van der Waals surface area contributed by atoms with E-state index in [2.05, 4.69) is 13.5 Å². The minimum atomic E-state index is -0.875. The molecule has 1 aliphatic rings. The first-order chi connectivity index (χ1) is 6.59. The largest absolute Gasteiger partial charge is 0.478 e. The maximum absolute atomic E-state index is 10.5. The van der Waals surface area contributed by atoms with E-state index in [1.165, 1.54) is 0 Å². The Kier molecular flexibility index (Phi) is 3.69. The van der Waals surface area contributed by atoms with Gasteiger partial charge in [-0.15, -0.1) is 0 Å². The van der Waals surface area contributed by atoms with Crippen molar-refractivity contribution in [3.05, 3.63) is 12.2 Å². The predicted molar refractivity (Wildman–Crippen MR) is 54.2 cm³/mol. The molecule has 0 atom stereocenters. The second-order valence-electron chi connectivity index (χ2n) is 4.11. The van der Waals surface area contributed by atoms with Crippen LogP contribution in [-0.2, 0) is 9.53 Å². The van der Waals surface area contributed by atoms with Crippen molar-refractivity contribution >= 4 is 5.97 Å². The second-order valence-corrected chi connectivity index (χ2v) is 4.11. The van der Waals surface area contributed by atoms with Crippen LogP contribution < -0.4 is 0 Å². The zero-order chi connectivity index (χ0) is 10.6. The predicted octanol–water partition coefficient (Wildman–Crippen LogP) is 2.22. The lowest BCUT2D eigenvalue weighted by molar-refractivity contribution is -0.133. The smallest absolute Gasteiger partial charge is 0.330 e. The maximum Gasteiger partial charge on any atom is 0.330 e. The molecule has 0 radical (unpaired) electrons. The van der Waals surface area contributed by atoms with Gasteiger partial charge >= 0.3 is 5.97 Å². The molecule has 0 aromatic carbocycles. The topological polar surface area (TPSA) is 46.5 Å². The molecule has 0 aromatic rings. The molecule has 3 heteroatoms. The molecule has 1 N–H and O–H groups in total. The third-order valence-corrected chi connectivity index (χ3v) is 3.05. The molecule has 0 unspecified atom stereocenters. The highest BCUT2D eigenvalue weighted by Gasteiger charge is 2.35. The third kappa shape index (κ3) is 2.58. The van der Waals surface area contributed by atoms with Crippen LogP contribution in [0.15, 0.2) is 12.2 Å². The summed E-state index contributed by atoms with van der Waals surface area (Å²) in [5.74, 6) is -0.875. The van der Waals surface area contributed by atoms with Crippen LogP contribution in [0.1, 0.15) is 32.6 Å². The van der Waals surface area contributed by atoms with Gasteiger partial charge in [-0.3, -0.25) is 0 Å². The van der Waals surface area contributed by atoms with Crippen LogP contribution >= 0.6 is 0 Å². The molecule has 1 heterocycles. The van der Waals surface area contributed by atoms with Crippen molar-refractivity contribution in [3.63, 3.8) is 0 Å². The first-order valence-corrected chi connectivity index (χ1v) is 5.08. The van der Waals surface area contributed by atoms with Crippen LogP contribution in [0, 0.1) is 5.41 Å². The van der Waals surface area contributed by atoms with Gasteiger partial charge in [0, 0.05) is 11.0 Å². The van der Waals surface area contributed by atoms with E-state index in [0.29, 0.717) is 17.4 Å². The van der Waals surface area contributed by atoms with E-state index >= 15 is 0 Å². The summed E-state index contributed by atoms with van der Waals surface area (Å²) in [6.07, 6.45) is 3.67. The Morgan fingerprint density at radius 2 is 2.21 bits per heavy atom. The summed E-state index contributed by atoms with van der Waals surface area (Å²) in [4.78, 5) is 10.5. The lowest BCUT2D eigenvalue weighted by Crippen LogP contribution is -2.41. The number of ether oxygens (including phenoxy) is 1. The zero-order valence-corrected chi connectivity index (χ0v) is 8.71. The second kappa shape index (κ2) is 4.60. The minimum Gasteiger partial charge on any atom is -0.478 e. The number of hydrogen-bond donors (Lipinski definition) is 1. The van der Waals surface area contributed by atoms with Gasteiger partial charge in [0.2, 0.25) is 0 Å². The Balaban J connectivity index is 2.20. The van der Waals surface area contributed by atoms with Gasteiger partial charge in [-0.1, -0.05) is 13.5 Å². The number of hydrogen-bond acceptors (Lipinski definition) is 2. The van der Waals surface area contributed by atoms with Crippen molar-refractivity contribution < 1.29 is 14.6 Å². The van der Waals surface area contributed by atoms with E-state index < -0.39 is 5.97 Å². The van der Waals surface area contributed by atoms with Crippen molar-refractivity contribution in [2.45, 2.75) is 32.6 Å². The summed E-state index contributed by atoms with van der Waals surface area (Å²) < 4.78 is 5.20. The highest BCUT2D eigenvalue weighted by molar-refractivity contribution is 5.85. The summed E-state index contributed by atoms with van der Waals surface area (Å²) in [6.45, 7) is 7.35. The van der Waals surface area contributed by atoms with E-state index in [1.54, 1.807) is 0 Å².